The molecule has 1 heteroatoms. The maximum Gasteiger partial charge on any atom is 0.0215 e. The summed E-state index contributed by atoms with van der Waals surface area (Å²) in [5.41, 5.74) is 9.26. The topological polar surface area (TPSA) is 0 Å². The molecule has 0 bridgehead atoms. The Hall–Kier alpha value is -0.830. The summed E-state index contributed by atoms with van der Waals surface area (Å²) >= 11 is 2.53. The molecule has 2 aromatic rings. The first-order chi connectivity index (χ1) is 12.6. The van der Waals surface area contributed by atoms with E-state index < -0.39 is 0 Å². The lowest BCUT2D eigenvalue weighted by atomic mass is 9.70. The molecule has 0 nitrogen and oxygen atoms in total. The Morgan fingerprint density at radius 1 is 0.731 bits per heavy atom. The standard InChI is InChI=1S/C25H33I/c1-4-5-6-7-14-25(15-8-9-16-26)23-17-19(2)10-12-21(23)22-13-11-20(3)18-24(22)25/h10-13,17-18H,4-9,14-16H2,1-3H3. The lowest BCUT2D eigenvalue weighted by Crippen LogP contribution is -2.25. The van der Waals surface area contributed by atoms with Crippen LogP contribution in [0.3, 0.4) is 0 Å². The van der Waals surface area contributed by atoms with Crippen LogP contribution < -0.4 is 0 Å². The van der Waals surface area contributed by atoms with E-state index in [1.54, 1.807) is 11.1 Å². The average Bonchev–Trinajstić information content (AvgIpc) is 2.88. The highest BCUT2D eigenvalue weighted by Gasteiger charge is 2.42. The fourth-order valence-corrected chi connectivity index (χ4v) is 5.30. The van der Waals surface area contributed by atoms with Gasteiger partial charge in [-0.25, -0.2) is 0 Å². The number of aryl methyl sites for hydroxylation is 2. The van der Waals surface area contributed by atoms with E-state index in [0.717, 1.165) is 0 Å². The van der Waals surface area contributed by atoms with Crippen LogP contribution in [0.5, 0.6) is 0 Å². The molecule has 0 saturated heterocycles. The van der Waals surface area contributed by atoms with Crippen LogP contribution in [-0.2, 0) is 5.41 Å². The van der Waals surface area contributed by atoms with E-state index in [0.29, 0.717) is 0 Å². The van der Waals surface area contributed by atoms with Gasteiger partial charge >= 0.3 is 0 Å². The Labute approximate surface area is 173 Å². The second-order valence-electron chi connectivity index (χ2n) is 8.14. The summed E-state index contributed by atoms with van der Waals surface area (Å²) < 4.78 is 1.27. The fourth-order valence-electron chi connectivity index (χ4n) is 4.76. The monoisotopic (exact) mass is 460 g/mol. The molecule has 0 spiro atoms. The first kappa shape index (κ1) is 19.9. The quantitative estimate of drug-likeness (QED) is 0.201. The molecule has 140 valence electrons. The molecule has 0 amide bonds. The Balaban J connectivity index is 2.07. The van der Waals surface area contributed by atoms with Crippen LogP contribution in [0.15, 0.2) is 36.4 Å². The zero-order valence-electron chi connectivity index (χ0n) is 16.7. The van der Waals surface area contributed by atoms with E-state index in [9.17, 15) is 0 Å². The molecule has 0 saturated carbocycles. The third-order valence-electron chi connectivity index (χ3n) is 6.12. The minimum Gasteiger partial charge on any atom is -0.0864 e. The van der Waals surface area contributed by atoms with Gasteiger partial charge in [0.15, 0.2) is 0 Å². The van der Waals surface area contributed by atoms with Gasteiger partial charge in [0.25, 0.3) is 0 Å². The average molecular weight is 460 g/mol. The van der Waals surface area contributed by atoms with Crippen LogP contribution in [0.1, 0.15) is 80.5 Å². The van der Waals surface area contributed by atoms with Crippen molar-refractivity contribution in [3.8, 4) is 11.1 Å². The number of alkyl halides is 1. The van der Waals surface area contributed by atoms with E-state index >= 15 is 0 Å². The van der Waals surface area contributed by atoms with E-state index in [4.69, 9.17) is 0 Å². The van der Waals surface area contributed by atoms with Crippen molar-refractivity contribution in [2.75, 3.05) is 4.43 Å². The maximum atomic E-state index is 2.53. The van der Waals surface area contributed by atoms with Gasteiger partial charge in [-0.2, -0.15) is 0 Å². The highest BCUT2D eigenvalue weighted by molar-refractivity contribution is 14.1. The zero-order valence-corrected chi connectivity index (χ0v) is 18.9. The molecule has 0 aliphatic heterocycles. The number of hydrogen-bond acceptors (Lipinski definition) is 0. The molecule has 2 aromatic carbocycles. The van der Waals surface area contributed by atoms with Gasteiger partial charge in [-0.1, -0.05) is 109 Å². The summed E-state index contributed by atoms with van der Waals surface area (Å²) in [6.07, 6.45) is 10.7. The molecule has 26 heavy (non-hydrogen) atoms. The summed E-state index contributed by atoms with van der Waals surface area (Å²) in [5, 5.41) is 0. The predicted octanol–water partition coefficient (Wildman–Crippen LogP) is 8.15. The van der Waals surface area contributed by atoms with Crippen LogP contribution in [0.4, 0.5) is 0 Å². The summed E-state index contributed by atoms with van der Waals surface area (Å²) in [6, 6.07) is 14.3. The molecule has 0 aromatic heterocycles. The van der Waals surface area contributed by atoms with Crippen molar-refractivity contribution < 1.29 is 0 Å². The Morgan fingerprint density at radius 2 is 1.27 bits per heavy atom. The van der Waals surface area contributed by atoms with Crippen molar-refractivity contribution >= 4 is 22.6 Å². The van der Waals surface area contributed by atoms with Crippen molar-refractivity contribution in [2.24, 2.45) is 0 Å². The van der Waals surface area contributed by atoms with Gasteiger partial charge in [-0.3, -0.25) is 0 Å². The van der Waals surface area contributed by atoms with E-state index in [-0.39, 0.29) is 5.41 Å². The van der Waals surface area contributed by atoms with Crippen LogP contribution in [0, 0.1) is 13.8 Å². The van der Waals surface area contributed by atoms with Gasteiger partial charge < -0.3 is 0 Å². The fraction of sp³-hybridized carbons (Fsp3) is 0.520. The Bertz CT molecular complexity index is 692. The largest absolute Gasteiger partial charge is 0.0864 e. The predicted molar refractivity (Wildman–Crippen MR) is 124 cm³/mol. The molecule has 0 N–H and O–H groups in total. The molecule has 0 heterocycles. The lowest BCUT2D eigenvalue weighted by Gasteiger charge is -2.33. The third-order valence-corrected chi connectivity index (χ3v) is 6.88. The van der Waals surface area contributed by atoms with Crippen molar-refractivity contribution in [1.29, 1.82) is 0 Å². The molecular weight excluding hydrogens is 427 g/mol. The van der Waals surface area contributed by atoms with Crippen LogP contribution in [0.2, 0.25) is 0 Å². The summed E-state index contributed by atoms with van der Waals surface area (Å²) in [4.78, 5) is 0. The molecule has 1 aliphatic carbocycles. The summed E-state index contributed by atoms with van der Waals surface area (Å²) in [6.45, 7) is 6.81. The van der Waals surface area contributed by atoms with E-state index in [1.807, 2.05) is 0 Å². The first-order valence-corrected chi connectivity index (χ1v) is 11.9. The number of halogens is 1. The first-order valence-electron chi connectivity index (χ1n) is 10.4. The van der Waals surface area contributed by atoms with Crippen molar-refractivity contribution in [3.05, 3.63) is 58.7 Å². The third kappa shape index (κ3) is 3.88. The minimum atomic E-state index is 0.238. The molecule has 0 fully saturated rings. The number of hydrogen-bond donors (Lipinski definition) is 0. The van der Waals surface area contributed by atoms with Gasteiger partial charge in [-0.05, 0) is 59.8 Å². The van der Waals surface area contributed by atoms with Gasteiger partial charge in [0.1, 0.15) is 0 Å². The van der Waals surface area contributed by atoms with Crippen molar-refractivity contribution in [1.82, 2.24) is 0 Å². The highest BCUT2D eigenvalue weighted by atomic mass is 127. The van der Waals surface area contributed by atoms with E-state index in [2.05, 4.69) is 79.8 Å². The number of benzene rings is 2. The molecule has 0 unspecified atom stereocenters. The number of rotatable bonds is 9. The molecule has 1 aliphatic rings. The number of unbranched alkanes of at least 4 members (excludes halogenated alkanes) is 4. The van der Waals surface area contributed by atoms with Gasteiger partial charge in [0, 0.05) is 5.41 Å². The molecule has 3 rings (SSSR count). The normalized spacial score (nSPS) is 14.3. The van der Waals surface area contributed by atoms with Crippen molar-refractivity contribution in [3.63, 3.8) is 0 Å². The van der Waals surface area contributed by atoms with Crippen molar-refractivity contribution in [2.45, 2.75) is 77.6 Å². The minimum absolute atomic E-state index is 0.238. The van der Waals surface area contributed by atoms with Crippen LogP contribution in [-0.4, -0.2) is 4.43 Å². The Kier molecular flexibility index (Phi) is 6.82. The lowest BCUT2D eigenvalue weighted by molar-refractivity contribution is 0.408. The maximum absolute atomic E-state index is 2.53. The summed E-state index contributed by atoms with van der Waals surface area (Å²) in [7, 11) is 0. The SMILES string of the molecule is CCCCCCC1(CCCCI)c2cc(C)ccc2-c2ccc(C)cc21. The zero-order chi connectivity index (χ0) is 18.6. The second kappa shape index (κ2) is 8.91. The van der Waals surface area contributed by atoms with Gasteiger partial charge in [0.2, 0.25) is 0 Å². The number of fused-ring (bicyclic) bond motifs is 3. The molecular formula is C25H33I. The Morgan fingerprint density at radius 3 is 1.77 bits per heavy atom. The molecule has 0 radical (unpaired) electrons. The van der Waals surface area contributed by atoms with Crippen LogP contribution in [0.25, 0.3) is 11.1 Å². The second-order valence-corrected chi connectivity index (χ2v) is 9.22. The van der Waals surface area contributed by atoms with Crippen LogP contribution >= 0.6 is 22.6 Å². The highest BCUT2D eigenvalue weighted by Crippen LogP contribution is 2.54. The smallest absolute Gasteiger partial charge is 0.0215 e. The molecule has 0 atom stereocenters. The summed E-state index contributed by atoms with van der Waals surface area (Å²) in [5.74, 6) is 0. The van der Waals surface area contributed by atoms with Gasteiger partial charge in [-0.15, -0.1) is 0 Å². The van der Waals surface area contributed by atoms with Gasteiger partial charge in [0.05, 0.1) is 0 Å². The van der Waals surface area contributed by atoms with E-state index in [1.165, 1.54) is 78.0 Å².